The number of aryl methyl sites for hydroxylation is 1. The predicted molar refractivity (Wildman–Crippen MR) is 96.1 cm³/mol. The van der Waals surface area contributed by atoms with E-state index in [9.17, 15) is 14.4 Å². The molecule has 27 heavy (non-hydrogen) atoms. The second-order valence-corrected chi connectivity index (χ2v) is 6.72. The van der Waals surface area contributed by atoms with Crippen LogP contribution in [0.3, 0.4) is 0 Å². The molecule has 0 heterocycles. The van der Waals surface area contributed by atoms with Gasteiger partial charge in [-0.25, -0.2) is 4.79 Å². The van der Waals surface area contributed by atoms with Gasteiger partial charge in [0.05, 0.1) is 30.4 Å². The van der Waals surface area contributed by atoms with Gasteiger partial charge in [-0.05, 0) is 45.4 Å². The summed E-state index contributed by atoms with van der Waals surface area (Å²) in [5.41, 5.74) is 0.907. The van der Waals surface area contributed by atoms with Gasteiger partial charge in [0.15, 0.2) is 0 Å². The lowest BCUT2D eigenvalue weighted by Crippen LogP contribution is -2.34. The minimum atomic E-state index is -1.30. The van der Waals surface area contributed by atoms with Gasteiger partial charge in [0, 0.05) is 5.56 Å². The highest BCUT2D eigenvalue weighted by Crippen LogP contribution is 2.22. The second-order valence-electron chi connectivity index (χ2n) is 6.72. The largest absolute Gasteiger partial charge is 0.465 e. The molecular weight excluding hydrogens is 354 g/mol. The number of carboxylic acid groups (broad SMARTS) is 1. The van der Waals surface area contributed by atoms with Gasteiger partial charge >= 0.3 is 18.0 Å². The average molecular weight is 377 g/mol. The Morgan fingerprint density at radius 2 is 1.81 bits per heavy atom. The summed E-state index contributed by atoms with van der Waals surface area (Å²) in [6.07, 6.45) is -1.30. The third-order valence-corrected chi connectivity index (χ3v) is 3.16. The molecule has 0 bridgehead atoms. The van der Waals surface area contributed by atoms with Gasteiger partial charge in [0.2, 0.25) is 0 Å². The van der Waals surface area contributed by atoms with Crippen molar-refractivity contribution in [1.82, 2.24) is 5.32 Å². The number of amides is 1. The van der Waals surface area contributed by atoms with E-state index in [0.29, 0.717) is 16.7 Å². The Kier molecular flexibility index (Phi) is 7.75. The van der Waals surface area contributed by atoms with E-state index in [1.165, 1.54) is 6.07 Å². The van der Waals surface area contributed by atoms with Crippen LogP contribution in [0, 0.1) is 18.3 Å². The number of anilines is 1. The van der Waals surface area contributed by atoms with Crippen LogP contribution in [0.4, 0.5) is 10.5 Å². The van der Waals surface area contributed by atoms with Crippen molar-refractivity contribution in [3.63, 3.8) is 0 Å². The first-order valence-electron chi connectivity index (χ1n) is 8.13. The Morgan fingerprint density at radius 3 is 2.37 bits per heavy atom. The summed E-state index contributed by atoms with van der Waals surface area (Å²) in [5, 5.41) is 22.7. The lowest BCUT2D eigenvalue weighted by atomic mass is 10.0. The van der Waals surface area contributed by atoms with Crippen molar-refractivity contribution < 1.29 is 29.0 Å². The fourth-order valence-electron chi connectivity index (χ4n) is 2.09. The van der Waals surface area contributed by atoms with E-state index in [2.05, 4.69) is 10.6 Å². The summed E-state index contributed by atoms with van der Waals surface area (Å²) in [5.74, 6) is -1.12. The summed E-state index contributed by atoms with van der Waals surface area (Å²) >= 11 is 0. The van der Waals surface area contributed by atoms with E-state index in [-0.39, 0.29) is 25.4 Å². The molecule has 0 radical (unpaired) electrons. The molecule has 1 aromatic rings. The number of nitrogens with zero attached hydrogens (tertiary/aromatic N) is 1. The number of benzene rings is 1. The van der Waals surface area contributed by atoms with Gasteiger partial charge in [0.1, 0.15) is 12.2 Å². The summed E-state index contributed by atoms with van der Waals surface area (Å²) in [4.78, 5) is 34.2. The molecule has 0 unspecified atom stereocenters. The van der Waals surface area contributed by atoms with Crippen molar-refractivity contribution in [2.45, 2.75) is 39.9 Å². The van der Waals surface area contributed by atoms with Crippen molar-refractivity contribution in [3.8, 4) is 6.07 Å². The monoisotopic (exact) mass is 377 g/mol. The van der Waals surface area contributed by atoms with Crippen LogP contribution in [0.1, 0.15) is 37.5 Å². The maximum absolute atomic E-state index is 11.8. The fourth-order valence-corrected chi connectivity index (χ4v) is 2.09. The molecule has 0 atom stereocenters. The number of carbonyl (C=O) groups is 3. The fraction of sp³-hybridized carbons (Fsp3) is 0.444. The van der Waals surface area contributed by atoms with E-state index in [1.54, 1.807) is 33.8 Å². The molecule has 0 aliphatic heterocycles. The highest BCUT2D eigenvalue weighted by Gasteiger charge is 2.16. The Labute approximate surface area is 157 Å². The molecule has 0 aromatic heterocycles. The number of nitrogens with one attached hydrogen (secondary N) is 2. The van der Waals surface area contributed by atoms with Crippen LogP contribution in [-0.4, -0.2) is 41.8 Å². The van der Waals surface area contributed by atoms with Crippen LogP contribution in [-0.2, 0) is 25.7 Å². The highest BCUT2D eigenvalue weighted by molar-refractivity contribution is 5.84. The van der Waals surface area contributed by atoms with E-state index >= 15 is 0 Å². The Hall–Kier alpha value is -3.12. The van der Waals surface area contributed by atoms with Gasteiger partial charge in [-0.1, -0.05) is 0 Å². The van der Waals surface area contributed by atoms with Crippen LogP contribution in [0.2, 0.25) is 0 Å². The number of rotatable bonds is 7. The van der Waals surface area contributed by atoms with Gasteiger partial charge in [-0.3, -0.25) is 20.2 Å². The number of carbonyl (C=O) groups excluding carboxylic acids is 2. The van der Waals surface area contributed by atoms with E-state index in [4.69, 9.17) is 19.8 Å². The zero-order valence-corrected chi connectivity index (χ0v) is 15.7. The van der Waals surface area contributed by atoms with Gasteiger partial charge < -0.3 is 14.6 Å². The van der Waals surface area contributed by atoms with Crippen LogP contribution in [0.5, 0.6) is 0 Å². The SMILES string of the molecule is Cc1cc(COC(=O)CNCC(=O)OC(C)(C)C)c(NC(=O)O)cc1C#N. The molecule has 0 aliphatic carbocycles. The number of esters is 2. The number of hydrogen-bond acceptors (Lipinski definition) is 7. The summed E-state index contributed by atoms with van der Waals surface area (Å²) in [7, 11) is 0. The Balaban J connectivity index is 2.60. The molecule has 1 amide bonds. The summed E-state index contributed by atoms with van der Waals surface area (Å²) < 4.78 is 10.2. The first kappa shape index (κ1) is 21.9. The third kappa shape index (κ3) is 8.20. The Morgan fingerprint density at radius 1 is 1.19 bits per heavy atom. The normalized spacial score (nSPS) is 10.6. The van der Waals surface area contributed by atoms with Gasteiger partial charge in [-0.15, -0.1) is 0 Å². The van der Waals surface area contributed by atoms with Crippen LogP contribution in [0.25, 0.3) is 0 Å². The lowest BCUT2D eigenvalue weighted by Gasteiger charge is -2.19. The van der Waals surface area contributed by atoms with Crippen molar-refractivity contribution in [2.75, 3.05) is 18.4 Å². The average Bonchev–Trinajstić information content (AvgIpc) is 2.52. The molecule has 0 saturated carbocycles. The Bertz CT molecular complexity index is 762. The standard InChI is InChI=1S/C18H23N3O6/c1-11-5-13(14(21-17(24)25)6-12(11)7-19)10-26-15(22)8-20-9-16(23)27-18(2,3)4/h5-6,20-21H,8-10H2,1-4H3,(H,24,25). The number of hydrogen-bond donors (Lipinski definition) is 3. The minimum absolute atomic E-state index is 0.145. The summed E-state index contributed by atoms with van der Waals surface area (Å²) in [6, 6.07) is 4.92. The van der Waals surface area contributed by atoms with Crippen molar-refractivity contribution in [2.24, 2.45) is 0 Å². The molecule has 1 aromatic carbocycles. The van der Waals surface area contributed by atoms with Crippen molar-refractivity contribution in [1.29, 1.82) is 5.26 Å². The molecule has 0 saturated heterocycles. The topological polar surface area (TPSA) is 138 Å². The smallest absolute Gasteiger partial charge is 0.409 e. The van der Waals surface area contributed by atoms with E-state index in [1.807, 2.05) is 6.07 Å². The molecule has 3 N–H and O–H groups in total. The van der Waals surface area contributed by atoms with Gasteiger partial charge in [0.25, 0.3) is 0 Å². The maximum Gasteiger partial charge on any atom is 0.409 e. The first-order chi connectivity index (χ1) is 12.5. The number of nitriles is 1. The minimum Gasteiger partial charge on any atom is -0.465 e. The molecule has 9 nitrogen and oxygen atoms in total. The van der Waals surface area contributed by atoms with Crippen LogP contribution < -0.4 is 10.6 Å². The molecule has 146 valence electrons. The molecule has 1 rings (SSSR count). The summed E-state index contributed by atoms with van der Waals surface area (Å²) in [6.45, 7) is 6.36. The van der Waals surface area contributed by atoms with Crippen molar-refractivity contribution >= 4 is 23.7 Å². The lowest BCUT2D eigenvalue weighted by molar-refractivity contribution is -0.153. The molecule has 0 fully saturated rings. The zero-order chi connectivity index (χ0) is 20.6. The van der Waals surface area contributed by atoms with Crippen LogP contribution in [0.15, 0.2) is 12.1 Å². The zero-order valence-electron chi connectivity index (χ0n) is 15.7. The highest BCUT2D eigenvalue weighted by atomic mass is 16.6. The van der Waals surface area contributed by atoms with Crippen molar-refractivity contribution in [3.05, 3.63) is 28.8 Å². The number of ether oxygens (including phenoxy) is 2. The van der Waals surface area contributed by atoms with Gasteiger partial charge in [-0.2, -0.15) is 5.26 Å². The second kappa shape index (κ2) is 9.54. The van der Waals surface area contributed by atoms with E-state index < -0.39 is 23.6 Å². The van der Waals surface area contributed by atoms with E-state index in [0.717, 1.165) is 0 Å². The maximum atomic E-state index is 11.8. The molecule has 0 spiro atoms. The van der Waals surface area contributed by atoms with Crippen LogP contribution >= 0.6 is 0 Å². The predicted octanol–water partition coefficient (Wildman–Crippen LogP) is 1.93. The molecule has 0 aliphatic rings. The molecule has 9 heteroatoms. The third-order valence-electron chi connectivity index (χ3n) is 3.16. The molecular formula is C18H23N3O6. The quantitative estimate of drug-likeness (QED) is 0.613. The first-order valence-corrected chi connectivity index (χ1v) is 8.13.